The summed E-state index contributed by atoms with van der Waals surface area (Å²) in [4.78, 5) is 44.6. The molecule has 0 unspecified atom stereocenters. The van der Waals surface area contributed by atoms with E-state index < -0.39 is 10.8 Å². The molecule has 3 N–H and O–H groups in total. The topological polar surface area (TPSA) is 138 Å². The molecule has 1 atom stereocenters. The number of nitrogens with one attached hydrogen (secondary N) is 2. The number of non-ortho nitro benzene ring substituents is 1. The molecule has 2 heterocycles. The van der Waals surface area contributed by atoms with Crippen LogP contribution in [0.15, 0.2) is 69.8 Å². The smallest absolute Gasteiger partial charge is 0.269 e. The molecule has 0 fully saturated rings. The highest BCUT2D eigenvalue weighted by Crippen LogP contribution is 2.48. The Morgan fingerprint density at radius 1 is 1.17 bits per heavy atom. The van der Waals surface area contributed by atoms with E-state index >= 15 is 0 Å². The average Bonchev–Trinajstić information content (AvgIpc) is 2.81. The first-order valence-corrected chi connectivity index (χ1v) is 12.4. The largest absolute Gasteiger partial charge is 0.508 e. The highest BCUT2D eigenvalue weighted by Gasteiger charge is 2.42. The molecule has 0 spiro atoms. The summed E-state index contributed by atoms with van der Waals surface area (Å²) in [7, 11) is 0. The number of nitro benzene ring substituents is 1. The minimum Gasteiger partial charge on any atom is -0.508 e. The van der Waals surface area contributed by atoms with Crippen molar-refractivity contribution in [2.24, 2.45) is 5.41 Å². The third kappa shape index (κ3) is 4.51. The van der Waals surface area contributed by atoms with Crippen molar-refractivity contribution in [2.45, 2.75) is 43.5 Å². The van der Waals surface area contributed by atoms with E-state index in [1.54, 1.807) is 36.4 Å². The van der Waals surface area contributed by atoms with Crippen LogP contribution in [0, 0.1) is 15.5 Å². The van der Waals surface area contributed by atoms with Crippen LogP contribution in [0.1, 0.15) is 49.3 Å². The molecule has 184 valence electrons. The number of aromatic hydroxyl groups is 1. The molecule has 0 bridgehead atoms. The Bertz CT molecular complexity index is 1480. The van der Waals surface area contributed by atoms with Crippen LogP contribution >= 0.6 is 11.8 Å². The minimum atomic E-state index is -0.642. The molecule has 1 aliphatic carbocycles. The molecule has 3 aromatic rings. The fraction of sp³-hybridized carbons (Fsp3) is 0.269. The maximum Gasteiger partial charge on any atom is 0.269 e. The van der Waals surface area contributed by atoms with Crippen molar-refractivity contribution in [3.8, 4) is 5.75 Å². The van der Waals surface area contributed by atoms with Gasteiger partial charge < -0.3 is 15.4 Å². The van der Waals surface area contributed by atoms with Crippen LogP contribution in [0.2, 0.25) is 0 Å². The zero-order valence-corrected chi connectivity index (χ0v) is 20.5. The van der Waals surface area contributed by atoms with E-state index in [1.165, 1.54) is 23.9 Å². The average molecular weight is 505 g/mol. The number of anilines is 1. The number of phenols is 1. The number of thioether (sulfide) groups is 1. The van der Waals surface area contributed by atoms with Gasteiger partial charge >= 0.3 is 0 Å². The summed E-state index contributed by atoms with van der Waals surface area (Å²) < 4.78 is 0. The second-order valence-corrected chi connectivity index (χ2v) is 10.8. The van der Waals surface area contributed by atoms with Gasteiger partial charge in [-0.1, -0.05) is 49.9 Å². The molecule has 1 aliphatic heterocycles. The normalized spacial score (nSPS) is 18.3. The van der Waals surface area contributed by atoms with Crippen molar-refractivity contribution in [1.82, 2.24) is 9.97 Å². The van der Waals surface area contributed by atoms with Crippen molar-refractivity contribution in [3.05, 3.63) is 97.0 Å². The summed E-state index contributed by atoms with van der Waals surface area (Å²) in [6.07, 6.45) is 0.995. The van der Waals surface area contributed by atoms with Gasteiger partial charge in [-0.15, -0.1) is 0 Å². The molecule has 2 aromatic carbocycles. The van der Waals surface area contributed by atoms with Crippen LogP contribution in [-0.4, -0.2) is 25.8 Å². The maximum atomic E-state index is 13.4. The predicted octanol–water partition coefficient (Wildman–Crippen LogP) is 4.88. The summed E-state index contributed by atoms with van der Waals surface area (Å²) in [6, 6.07) is 12.8. The number of allylic oxidation sites excluding steroid dienone is 2. The zero-order valence-electron chi connectivity index (χ0n) is 19.7. The number of hydrogen-bond acceptors (Lipinski definition) is 8. The van der Waals surface area contributed by atoms with E-state index in [0.717, 1.165) is 11.3 Å². The second kappa shape index (κ2) is 8.94. The number of hydrogen-bond donors (Lipinski definition) is 3. The van der Waals surface area contributed by atoms with Gasteiger partial charge in [0.25, 0.3) is 11.2 Å². The fourth-order valence-electron chi connectivity index (χ4n) is 4.86. The summed E-state index contributed by atoms with van der Waals surface area (Å²) in [5.41, 5.74) is 2.55. The number of rotatable bonds is 5. The van der Waals surface area contributed by atoms with Gasteiger partial charge in [-0.3, -0.25) is 19.7 Å². The van der Waals surface area contributed by atoms with E-state index in [4.69, 9.17) is 0 Å². The van der Waals surface area contributed by atoms with Gasteiger partial charge in [0.05, 0.1) is 10.5 Å². The number of ketones is 1. The summed E-state index contributed by atoms with van der Waals surface area (Å²) in [5.74, 6) is 0.232. The summed E-state index contributed by atoms with van der Waals surface area (Å²) >= 11 is 1.30. The van der Waals surface area contributed by atoms with Gasteiger partial charge in [0.1, 0.15) is 11.6 Å². The number of Topliss-reactive ketones (excluding diaryl/α,β-unsaturated/α-hetero) is 1. The number of carbonyl (C=O) groups is 1. The molecule has 5 rings (SSSR count). The van der Waals surface area contributed by atoms with Crippen molar-refractivity contribution >= 4 is 29.1 Å². The lowest BCUT2D eigenvalue weighted by Gasteiger charge is -2.38. The molecule has 0 amide bonds. The Balaban J connectivity index is 1.53. The number of H-pyrrole nitrogens is 1. The van der Waals surface area contributed by atoms with Crippen LogP contribution in [0.5, 0.6) is 5.75 Å². The third-order valence-electron chi connectivity index (χ3n) is 6.43. The van der Waals surface area contributed by atoms with Gasteiger partial charge in [0.2, 0.25) is 0 Å². The van der Waals surface area contributed by atoms with Crippen LogP contribution in [0.3, 0.4) is 0 Å². The molecule has 0 radical (unpaired) electrons. The minimum absolute atomic E-state index is 0.0142. The van der Waals surface area contributed by atoms with Gasteiger partial charge in [0, 0.05) is 41.5 Å². The number of aromatic amines is 1. The van der Waals surface area contributed by atoms with Crippen molar-refractivity contribution in [3.63, 3.8) is 0 Å². The van der Waals surface area contributed by atoms with Gasteiger partial charge in [-0.2, -0.15) is 0 Å². The molecule has 1 aromatic heterocycles. The van der Waals surface area contributed by atoms with Crippen LogP contribution < -0.4 is 10.9 Å². The van der Waals surface area contributed by atoms with E-state index in [0.29, 0.717) is 46.3 Å². The molecule has 2 aliphatic rings. The number of nitro groups is 1. The van der Waals surface area contributed by atoms with Crippen molar-refractivity contribution < 1.29 is 14.8 Å². The number of phenolic OH excluding ortho intramolecular Hbond substituents is 1. The lowest BCUT2D eigenvalue weighted by atomic mass is 9.69. The van der Waals surface area contributed by atoms with Crippen LogP contribution in [0.4, 0.5) is 11.5 Å². The van der Waals surface area contributed by atoms with Crippen LogP contribution in [-0.2, 0) is 10.5 Å². The Kier molecular flexibility index (Phi) is 5.91. The standard InChI is InChI=1S/C26H24N4O5S/c1-26(2)11-18-21(19(32)12-26)20(15-4-3-5-17(31)10-15)22-23(27-18)28-25(29-24(22)33)36-13-14-6-8-16(9-7-14)30(34)35/h3-10,20,31H,11-13H2,1-2H3,(H2,27,28,29,33)/t20-/m0/s1. The highest BCUT2D eigenvalue weighted by atomic mass is 32.2. The predicted molar refractivity (Wildman–Crippen MR) is 136 cm³/mol. The zero-order chi connectivity index (χ0) is 25.6. The Hall–Kier alpha value is -3.92. The number of benzene rings is 2. The van der Waals surface area contributed by atoms with Gasteiger partial charge in [0.15, 0.2) is 10.9 Å². The Labute approximate surface area is 210 Å². The van der Waals surface area contributed by atoms with E-state index in [9.17, 15) is 24.8 Å². The molecule has 9 nitrogen and oxygen atoms in total. The maximum absolute atomic E-state index is 13.4. The number of fused-ring (bicyclic) bond motifs is 1. The summed E-state index contributed by atoms with van der Waals surface area (Å²) in [6.45, 7) is 4.07. The Morgan fingerprint density at radius 2 is 1.92 bits per heavy atom. The van der Waals surface area contributed by atoms with Gasteiger partial charge in [-0.05, 0) is 35.1 Å². The molecular weight excluding hydrogens is 480 g/mol. The van der Waals surface area contributed by atoms with E-state index in [1.807, 2.05) is 13.8 Å². The van der Waals surface area contributed by atoms with Crippen LogP contribution in [0.25, 0.3) is 0 Å². The SMILES string of the molecule is CC1(C)CC(=O)C2=C(C1)Nc1nc(SCc3ccc([N+](=O)[O-])cc3)[nH]c(=O)c1[C@H]2c1cccc(O)c1. The second-order valence-electron chi connectivity index (χ2n) is 9.83. The molecule has 10 heteroatoms. The number of nitrogens with zero attached hydrogens (tertiary/aromatic N) is 2. The first kappa shape index (κ1) is 23.8. The third-order valence-corrected chi connectivity index (χ3v) is 7.37. The quantitative estimate of drug-likeness (QED) is 0.193. The van der Waals surface area contributed by atoms with Crippen molar-refractivity contribution in [2.75, 3.05) is 5.32 Å². The Morgan fingerprint density at radius 3 is 2.61 bits per heavy atom. The summed E-state index contributed by atoms with van der Waals surface area (Å²) in [5, 5.41) is 24.7. The molecule has 0 saturated carbocycles. The lowest BCUT2D eigenvalue weighted by Crippen LogP contribution is -2.37. The number of aromatic nitrogens is 2. The monoisotopic (exact) mass is 504 g/mol. The molecule has 36 heavy (non-hydrogen) atoms. The lowest BCUT2D eigenvalue weighted by molar-refractivity contribution is -0.384. The molecule has 0 saturated heterocycles. The fourth-order valence-corrected chi connectivity index (χ4v) is 5.68. The van der Waals surface area contributed by atoms with Crippen molar-refractivity contribution in [1.29, 1.82) is 0 Å². The number of carbonyl (C=O) groups excluding carboxylic acids is 1. The van der Waals surface area contributed by atoms with Gasteiger partial charge in [-0.25, -0.2) is 4.98 Å². The molecular formula is C26H24N4O5S. The highest BCUT2D eigenvalue weighted by molar-refractivity contribution is 7.98. The van der Waals surface area contributed by atoms with E-state index in [2.05, 4.69) is 15.3 Å². The first-order chi connectivity index (χ1) is 17.1. The first-order valence-electron chi connectivity index (χ1n) is 11.4. The van der Waals surface area contributed by atoms with E-state index in [-0.39, 0.29) is 28.2 Å².